The summed E-state index contributed by atoms with van der Waals surface area (Å²) in [4.78, 5) is 0. The van der Waals surface area contributed by atoms with E-state index in [9.17, 15) is 5.11 Å². The Kier molecular flexibility index (Phi) is 3.92. The summed E-state index contributed by atoms with van der Waals surface area (Å²) < 4.78 is 1.06. The molecule has 2 N–H and O–H groups in total. The number of anilines is 1. The second-order valence-corrected chi connectivity index (χ2v) is 4.97. The van der Waals surface area contributed by atoms with Gasteiger partial charge in [0.2, 0.25) is 0 Å². The molecule has 2 nitrogen and oxygen atoms in total. The Hall–Kier alpha value is -1.19. The van der Waals surface area contributed by atoms with Gasteiger partial charge in [0, 0.05) is 16.7 Å². The van der Waals surface area contributed by atoms with Crippen LogP contribution in [-0.2, 0) is 6.54 Å². The van der Waals surface area contributed by atoms with Crippen molar-refractivity contribution in [3.63, 3.8) is 0 Å². The van der Waals surface area contributed by atoms with Crippen LogP contribution >= 0.6 is 27.5 Å². The number of hydrogen-bond acceptors (Lipinski definition) is 2. The Bertz CT molecular complexity index is 531. The third kappa shape index (κ3) is 3.38. The smallest absolute Gasteiger partial charge is 0.134 e. The zero-order valence-electron chi connectivity index (χ0n) is 8.95. The number of aromatic hydroxyl groups is 1. The lowest BCUT2D eigenvalue weighted by molar-refractivity contribution is 0.475. The fourth-order valence-corrected chi connectivity index (χ4v) is 2.10. The van der Waals surface area contributed by atoms with Crippen LogP contribution in [0, 0.1) is 0 Å². The van der Waals surface area contributed by atoms with E-state index in [4.69, 9.17) is 11.6 Å². The Morgan fingerprint density at radius 1 is 1.18 bits per heavy atom. The van der Waals surface area contributed by atoms with Gasteiger partial charge < -0.3 is 10.4 Å². The van der Waals surface area contributed by atoms with Crippen LogP contribution in [0.25, 0.3) is 0 Å². The lowest BCUT2D eigenvalue weighted by Crippen LogP contribution is -1.98. The minimum absolute atomic E-state index is 0.0969. The Morgan fingerprint density at radius 2 is 2.00 bits per heavy atom. The van der Waals surface area contributed by atoms with Gasteiger partial charge in [-0.15, -0.1) is 0 Å². The van der Waals surface area contributed by atoms with Crippen LogP contribution in [0.4, 0.5) is 5.69 Å². The van der Waals surface area contributed by atoms with Crippen molar-refractivity contribution < 1.29 is 5.11 Å². The molecule has 17 heavy (non-hydrogen) atoms. The van der Waals surface area contributed by atoms with Crippen molar-refractivity contribution >= 4 is 33.2 Å². The van der Waals surface area contributed by atoms with Crippen LogP contribution in [0.1, 0.15) is 5.56 Å². The summed E-state index contributed by atoms with van der Waals surface area (Å²) in [6.45, 7) is 0.709. The average molecular weight is 313 g/mol. The van der Waals surface area contributed by atoms with Crippen LogP contribution in [0.3, 0.4) is 0 Å². The summed E-state index contributed by atoms with van der Waals surface area (Å²) in [5, 5.41) is 12.9. The predicted molar refractivity (Wildman–Crippen MR) is 74.6 cm³/mol. The first kappa shape index (κ1) is 12.3. The average Bonchev–Trinajstić information content (AvgIpc) is 2.31. The Morgan fingerprint density at radius 3 is 2.71 bits per heavy atom. The van der Waals surface area contributed by atoms with E-state index in [2.05, 4.69) is 27.3 Å². The zero-order valence-corrected chi connectivity index (χ0v) is 11.3. The molecule has 0 radical (unpaired) electrons. The number of phenols is 1. The number of hydrogen-bond donors (Lipinski definition) is 2. The SMILES string of the molecule is Oc1ccc(NCc2cccc(Br)c2)cc1Cl. The molecule has 0 bridgehead atoms. The standard InChI is InChI=1S/C13H11BrClNO/c14-10-3-1-2-9(6-10)8-16-11-4-5-13(17)12(15)7-11/h1-7,16-17H,8H2. The van der Waals surface area contributed by atoms with Gasteiger partial charge in [-0.1, -0.05) is 39.7 Å². The maximum absolute atomic E-state index is 9.30. The molecular formula is C13H11BrClNO. The van der Waals surface area contributed by atoms with E-state index >= 15 is 0 Å². The van der Waals surface area contributed by atoms with Crippen molar-refractivity contribution in [3.8, 4) is 5.75 Å². The molecule has 0 aliphatic rings. The second kappa shape index (κ2) is 5.43. The van der Waals surface area contributed by atoms with E-state index in [-0.39, 0.29) is 5.75 Å². The third-order valence-corrected chi connectivity index (χ3v) is 3.13. The molecule has 0 saturated carbocycles. The minimum Gasteiger partial charge on any atom is -0.506 e. The van der Waals surface area contributed by atoms with E-state index in [1.165, 1.54) is 5.56 Å². The first-order valence-electron chi connectivity index (χ1n) is 5.12. The highest BCUT2D eigenvalue weighted by Crippen LogP contribution is 2.26. The first-order valence-corrected chi connectivity index (χ1v) is 6.29. The molecule has 2 aromatic carbocycles. The van der Waals surface area contributed by atoms with E-state index in [0.717, 1.165) is 10.2 Å². The maximum atomic E-state index is 9.30. The molecule has 0 aromatic heterocycles. The molecule has 0 fully saturated rings. The molecule has 0 amide bonds. The summed E-state index contributed by atoms with van der Waals surface area (Å²) in [5.41, 5.74) is 2.05. The zero-order chi connectivity index (χ0) is 12.3. The van der Waals surface area contributed by atoms with Crippen molar-refractivity contribution in [2.24, 2.45) is 0 Å². The summed E-state index contributed by atoms with van der Waals surface area (Å²) in [6, 6.07) is 13.1. The monoisotopic (exact) mass is 311 g/mol. The highest BCUT2D eigenvalue weighted by Gasteiger charge is 2.00. The van der Waals surface area contributed by atoms with Gasteiger partial charge in [0.1, 0.15) is 5.75 Å². The molecule has 0 aliphatic carbocycles. The van der Waals surface area contributed by atoms with Gasteiger partial charge in [-0.3, -0.25) is 0 Å². The normalized spacial score (nSPS) is 10.2. The summed E-state index contributed by atoms with van der Waals surface area (Å²) >= 11 is 9.25. The number of nitrogens with one attached hydrogen (secondary N) is 1. The quantitative estimate of drug-likeness (QED) is 0.822. The van der Waals surface area contributed by atoms with Crippen LogP contribution in [0.2, 0.25) is 5.02 Å². The lowest BCUT2D eigenvalue weighted by atomic mass is 10.2. The number of benzene rings is 2. The highest BCUT2D eigenvalue weighted by atomic mass is 79.9. The van der Waals surface area contributed by atoms with Crippen LogP contribution in [-0.4, -0.2) is 5.11 Å². The van der Waals surface area contributed by atoms with Gasteiger partial charge in [0.05, 0.1) is 5.02 Å². The van der Waals surface area contributed by atoms with Crippen molar-refractivity contribution in [1.29, 1.82) is 0 Å². The van der Waals surface area contributed by atoms with Gasteiger partial charge in [0.15, 0.2) is 0 Å². The number of rotatable bonds is 3. The molecule has 0 saturated heterocycles. The summed E-state index contributed by atoms with van der Waals surface area (Å²) in [5.74, 6) is 0.0969. The molecule has 0 heterocycles. The topological polar surface area (TPSA) is 32.3 Å². The minimum atomic E-state index is 0.0969. The van der Waals surface area contributed by atoms with E-state index in [1.807, 2.05) is 18.2 Å². The van der Waals surface area contributed by atoms with E-state index < -0.39 is 0 Å². The molecular weight excluding hydrogens is 302 g/mol. The van der Waals surface area contributed by atoms with Crippen molar-refractivity contribution in [1.82, 2.24) is 0 Å². The second-order valence-electron chi connectivity index (χ2n) is 3.65. The molecule has 0 aliphatic heterocycles. The van der Waals surface area contributed by atoms with Crippen LogP contribution in [0.5, 0.6) is 5.75 Å². The first-order chi connectivity index (χ1) is 8.15. The summed E-state index contributed by atoms with van der Waals surface area (Å²) in [6.07, 6.45) is 0. The van der Waals surface area contributed by atoms with Crippen LogP contribution in [0.15, 0.2) is 46.9 Å². The lowest BCUT2D eigenvalue weighted by Gasteiger charge is -2.07. The number of phenolic OH excluding ortho intramolecular Hbond substituents is 1. The largest absolute Gasteiger partial charge is 0.506 e. The summed E-state index contributed by atoms with van der Waals surface area (Å²) in [7, 11) is 0. The highest BCUT2D eigenvalue weighted by molar-refractivity contribution is 9.10. The molecule has 2 aromatic rings. The Labute approximate surface area is 113 Å². The molecule has 4 heteroatoms. The predicted octanol–water partition coefficient (Wildman–Crippen LogP) is 4.42. The molecule has 0 unspecified atom stereocenters. The van der Waals surface area contributed by atoms with E-state index in [1.54, 1.807) is 18.2 Å². The fraction of sp³-hybridized carbons (Fsp3) is 0.0769. The fourth-order valence-electron chi connectivity index (χ4n) is 1.47. The maximum Gasteiger partial charge on any atom is 0.134 e. The molecule has 2 rings (SSSR count). The molecule has 0 atom stereocenters. The van der Waals surface area contributed by atoms with Crippen molar-refractivity contribution in [3.05, 3.63) is 57.5 Å². The number of halogens is 2. The molecule has 88 valence electrons. The van der Waals surface area contributed by atoms with Crippen molar-refractivity contribution in [2.75, 3.05) is 5.32 Å². The van der Waals surface area contributed by atoms with Gasteiger partial charge in [-0.05, 0) is 35.9 Å². The van der Waals surface area contributed by atoms with E-state index in [0.29, 0.717) is 11.6 Å². The van der Waals surface area contributed by atoms with Gasteiger partial charge in [0.25, 0.3) is 0 Å². The van der Waals surface area contributed by atoms with Gasteiger partial charge >= 0.3 is 0 Å². The third-order valence-electron chi connectivity index (χ3n) is 2.33. The Balaban J connectivity index is 2.05. The van der Waals surface area contributed by atoms with Gasteiger partial charge in [-0.25, -0.2) is 0 Å². The van der Waals surface area contributed by atoms with Crippen LogP contribution < -0.4 is 5.32 Å². The van der Waals surface area contributed by atoms with Crippen molar-refractivity contribution in [2.45, 2.75) is 6.54 Å². The van der Waals surface area contributed by atoms with Gasteiger partial charge in [-0.2, -0.15) is 0 Å². The molecule has 0 spiro atoms.